The highest BCUT2D eigenvalue weighted by Gasteiger charge is 2.31. The lowest BCUT2D eigenvalue weighted by molar-refractivity contribution is -0.142. The van der Waals surface area contributed by atoms with E-state index >= 15 is 0 Å². The van der Waals surface area contributed by atoms with Gasteiger partial charge in [0.1, 0.15) is 0 Å². The van der Waals surface area contributed by atoms with Gasteiger partial charge < -0.3 is 19.9 Å². The first-order valence-corrected chi connectivity index (χ1v) is 9.53. The minimum Gasteiger partial charge on any atom is -0.466 e. The van der Waals surface area contributed by atoms with Crippen molar-refractivity contribution in [3.63, 3.8) is 0 Å². The first kappa shape index (κ1) is 19.2. The van der Waals surface area contributed by atoms with Crippen molar-refractivity contribution in [2.24, 2.45) is 7.05 Å². The second-order valence-electron chi connectivity index (χ2n) is 6.86. The number of urea groups is 1. The molecule has 2 aliphatic rings. The van der Waals surface area contributed by atoms with Gasteiger partial charge in [0, 0.05) is 50.9 Å². The summed E-state index contributed by atoms with van der Waals surface area (Å²) in [5.74, 6) is -0.376. The molecule has 1 N–H and O–H groups in total. The fourth-order valence-corrected chi connectivity index (χ4v) is 3.62. The number of likely N-dealkylation sites (tertiary alicyclic amines) is 1. The largest absolute Gasteiger partial charge is 0.466 e. The van der Waals surface area contributed by atoms with E-state index in [0.29, 0.717) is 31.8 Å². The Balaban J connectivity index is 1.63. The Labute approximate surface area is 158 Å². The Hall–Kier alpha value is -2.58. The maximum atomic E-state index is 12.8. The molecule has 0 saturated carbocycles. The molecule has 0 spiro atoms. The van der Waals surface area contributed by atoms with Crippen LogP contribution in [0, 0.1) is 0 Å². The van der Waals surface area contributed by atoms with Crippen LogP contribution >= 0.6 is 0 Å². The number of nitrogens with zero attached hydrogens (tertiary/aromatic N) is 4. The van der Waals surface area contributed by atoms with Gasteiger partial charge in [-0.05, 0) is 19.8 Å². The van der Waals surface area contributed by atoms with Crippen LogP contribution in [-0.4, -0.2) is 70.3 Å². The van der Waals surface area contributed by atoms with E-state index < -0.39 is 0 Å². The summed E-state index contributed by atoms with van der Waals surface area (Å²) in [5, 5.41) is 7.19. The number of hydrogen-bond donors (Lipinski definition) is 1. The predicted octanol–water partition coefficient (Wildman–Crippen LogP) is 0.677. The zero-order chi connectivity index (χ0) is 19.4. The van der Waals surface area contributed by atoms with Crippen LogP contribution in [0.5, 0.6) is 0 Å². The van der Waals surface area contributed by atoms with E-state index in [1.807, 2.05) is 11.9 Å². The highest BCUT2D eigenvalue weighted by molar-refractivity contribution is 5.94. The molecule has 9 nitrogen and oxygen atoms in total. The number of aromatic nitrogens is 2. The van der Waals surface area contributed by atoms with Crippen molar-refractivity contribution in [3.05, 3.63) is 17.0 Å². The minimum absolute atomic E-state index is 0.0473. The highest BCUT2D eigenvalue weighted by atomic mass is 16.5. The van der Waals surface area contributed by atoms with E-state index in [-0.39, 0.29) is 30.9 Å². The van der Waals surface area contributed by atoms with E-state index in [2.05, 4.69) is 10.4 Å². The van der Waals surface area contributed by atoms with Crippen LogP contribution in [0.1, 0.15) is 47.9 Å². The standard InChI is InChI=1S/C18H27N5O4/c1-3-27-15(24)6-8-19-18(26)23-11-7-14-13(12-23)16(20-21(14)2)17(25)22-9-4-5-10-22/h3-12H2,1-2H3,(H,19,26). The summed E-state index contributed by atoms with van der Waals surface area (Å²) in [6.07, 6.45) is 2.84. The van der Waals surface area contributed by atoms with Crippen molar-refractivity contribution < 1.29 is 19.1 Å². The summed E-state index contributed by atoms with van der Waals surface area (Å²) in [6, 6.07) is -0.242. The molecular weight excluding hydrogens is 350 g/mol. The second-order valence-corrected chi connectivity index (χ2v) is 6.86. The fraction of sp³-hybridized carbons (Fsp3) is 0.667. The number of esters is 1. The molecule has 0 atom stereocenters. The Bertz CT molecular complexity index is 724. The van der Waals surface area contributed by atoms with Crippen LogP contribution in [-0.2, 0) is 29.5 Å². The number of nitrogens with one attached hydrogen (secondary N) is 1. The number of carbonyl (C=O) groups is 3. The van der Waals surface area contributed by atoms with Gasteiger partial charge in [-0.25, -0.2) is 4.79 Å². The smallest absolute Gasteiger partial charge is 0.317 e. The number of aryl methyl sites for hydroxylation is 1. The van der Waals surface area contributed by atoms with E-state index in [0.717, 1.165) is 37.2 Å². The topological polar surface area (TPSA) is 96.8 Å². The molecule has 0 bridgehead atoms. The lowest BCUT2D eigenvalue weighted by atomic mass is 10.0. The summed E-state index contributed by atoms with van der Waals surface area (Å²) in [4.78, 5) is 40.1. The third-order valence-corrected chi connectivity index (χ3v) is 5.04. The monoisotopic (exact) mass is 377 g/mol. The summed E-state index contributed by atoms with van der Waals surface area (Å²) in [5.41, 5.74) is 2.30. The first-order valence-electron chi connectivity index (χ1n) is 9.53. The lowest BCUT2D eigenvalue weighted by Gasteiger charge is -2.28. The Morgan fingerprint density at radius 3 is 2.59 bits per heavy atom. The fourth-order valence-electron chi connectivity index (χ4n) is 3.62. The van der Waals surface area contributed by atoms with Crippen molar-refractivity contribution in [3.8, 4) is 0 Å². The molecule has 3 amide bonds. The normalized spacial score (nSPS) is 16.2. The summed E-state index contributed by atoms with van der Waals surface area (Å²) in [6.45, 7) is 4.74. The van der Waals surface area contributed by atoms with Gasteiger partial charge in [-0.3, -0.25) is 14.3 Å². The number of carbonyl (C=O) groups excluding carboxylic acids is 3. The molecule has 2 aliphatic heterocycles. The van der Waals surface area contributed by atoms with Gasteiger partial charge in [-0.2, -0.15) is 5.10 Å². The highest BCUT2D eigenvalue weighted by Crippen LogP contribution is 2.24. The van der Waals surface area contributed by atoms with E-state index in [4.69, 9.17) is 4.74 Å². The summed E-state index contributed by atoms with van der Waals surface area (Å²) in [7, 11) is 1.84. The molecule has 3 heterocycles. The van der Waals surface area contributed by atoms with Crippen LogP contribution in [0.25, 0.3) is 0 Å². The minimum atomic E-state index is -0.329. The van der Waals surface area contributed by atoms with Crippen LogP contribution in [0.15, 0.2) is 0 Å². The van der Waals surface area contributed by atoms with Crippen LogP contribution in [0.2, 0.25) is 0 Å². The molecule has 148 valence electrons. The van der Waals surface area contributed by atoms with Gasteiger partial charge in [0.25, 0.3) is 5.91 Å². The van der Waals surface area contributed by atoms with Crippen LogP contribution in [0.3, 0.4) is 0 Å². The molecule has 0 aromatic carbocycles. The van der Waals surface area contributed by atoms with Crippen LogP contribution in [0.4, 0.5) is 4.79 Å². The van der Waals surface area contributed by atoms with Crippen molar-refractivity contribution in [1.29, 1.82) is 0 Å². The number of amides is 3. The molecule has 0 aliphatic carbocycles. The molecule has 1 aromatic rings. The van der Waals surface area contributed by atoms with E-state index in [1.165, 1.54) is 0 Å². The molecule has 0 radical (unpaired) electrons. The third-order valence-electron chi connectivity index (χ3n) is 5.04. The second kappa shape index (κ2) is 8.41. The Kier molecular flexibility index (Phi) is 5.98. The molecule has 1 fully saturated rings. The average molecular weight is 377 g/mol. The number of rotatable bonds is 5. The molecule has 3 rings (SSSR count). The molecular formula is C18H27N5O4. The molecule has 9 heteroatoms. The number of ether oxygens (including phenoxy) is 1. The first-order chi connectivity index (χ1) is 13.0. The van der Waals surface area contributed by atoms with E-state index in [9.17, 15) is 14.4 Å². The Morgan fingerprint density at radius 1 is 1.15 bits per heavy atom. The van der Waals surface area contributed by atoms with Crippen molar-refractivity contribution in [2.45, 2.75) is 39.2 Å². The molecule has 0 unspecified atom stereocenters. The molecule has 27 heavy (non-hydrogen) atoms. The average Bonchev–Trinajstić information content (AvgIpc) is 3.29. The Morgan fingerprint density at radius 2 is 1.89 bits per heavy atom. The van der Waals surface area contributed by atoms with Gasteiger partial charge in [0.15, 0.2) is 5.69 Å². The third kappa shape index (κ3) is 4.23. The number of hydrogen-bond acceptors (Lipinski definition) is 5. The summed E-state index contributed by atoms with van der Waals surface area (Å²) >= 11 is 0. The van der Waals surface area contributed by atoms with E-state index in [1.54, 1.807) is 16.5 Å². The van der Waals surface area contributed by atoms with Gasteiger partial charge in [-0.15, -0.1) is 0 Å². The summed E-state index contributed by atoms with van der Waals surface area (Å²) < 4.78 is 6.61. The molecule has 1 aromatic heterocycles. The van der Waals surface area contributed by atoms with Gasteiger partial charge in [0.2, 0.25) is 0 Å². The quantitative estimate of drug-likeness (QED) is 0.761. The maximum Gasteiger partial charge on any atom is 0.317 e. The zero-order valence-corrected chi connectivity index (χ0v) is 16.0. The zero-order valence-electron chi connectivity index (χ0n) is 16.0. The van der Waals surface area contributed by atoms with Gasteiger partial charge >= 0.3 is 12.0 Å². The van der Waals surface area contributed by atoms with Gasteiger partial charge in [0.05, 0.1) is 19.6 Å². The van der Waals surface area contributed by atoms with Crippen molar-refractivity contribution in [1.82, 2.24) is 24.9 Å². The van der Waals surface area contributed by atoms with Crippen molar-refractivity contribution in [2.75, 3.05) is 32.8 Å². The predicted molar refractivity (Wildman–Crippen MR) is 97.1 cm³/mol. The lowest BCUT2D eigenvalue weighted by Crippen LogP contribution is -2.44. The maximum absolute atomic E-state index is 12.8. The number of fused-ring (bicyclic) bond motifs is 1. The van der Waals surface area contributed by atoms with Crippen molar-refractivity contribution >= 4 is 17.9 Å². The molecule has 1 saturated heterocycles. The van der Waals surface area contributed by atoms with Gasteiger partial charge in [-0.1, -0.05) is 0 Å². The van der Waals surface area contributed by atoms with Crippen LogP contribution < -0.4 is 5.32 Å². The SMILES string of the molecule is CCOC(=O)CCNC(=O)N1CCc2c(c(C(=O)N3CCCC3)nn2C)C1.